The average molecular weight is 327 g/mol. The number of hydrogen-bond donors (Lipinski definition) is 1. The van der Waals surface area contributed by atoms with Crippen molar-refractivity contribution in [3.63, 3.8) is 0 Å². The maximum Gasteiger partial charge on any atom is 0.219 e. The van der Waals surface area contributed by atoms with Crippen molar-refractivity contribution in [3.8, 4) is 11.6 Å². The van der Waals surface area contributed by atoms with Gasteiger partial charge in [-0.25, -0.2) is 9.37 Å². The first kappa shape index (κ1) is 16.1. The van der Waals surface area contributed by atoms with Gasteiger partial charge in [0.05, 0.1) is 6.04 Å². The number of rotatable bonds is 6. The Morgan fingerprint density at radius 3 is 2.83 bits per heavy atom. The molecule has 0 aliphatic heterocycles. The fourth-order valence-corrected chi connectivity index (χ4v) is 2.22. The molecule has 2 heterocycles. The molecule has 24 heavy (non-hydrogen) atoms. The van der Waals surface area contributed by atoms with E-state index in [4.69, 9.17) is 9.26 Å². The molecule has 6 heteroatoms. The van der Waals surface area contributed by atoms with Crippen LogP contribution in [0.5, 0.6) is 11.6 Å². The monoisotopic (exact) mass is 327 g/mol. The van der Waals surface area contributed by atoms with E-state index in [2.05, 4.69) is 15.5 Å². The Labute approximate surface area is 139 Å². The van der Waals surface area contributed by atoms with Crippen molar-refractivity contribution >= 4 is 0 Å². The number of ether oxygens (including phenoxy) is 1. The van der Waals surface area contributed by atoms with Gasteiger partial charge < -0.3 is 14.6 Å². The Bertz CT molecular complexity index is 819. The molecule has 0 aliphatic carbocycles. The molecule has 1 aromatic carbocycles. The number of benzene rings is 1. The maximum atomic E-state index is 13.6. The zero-order chi connectivity index (χ0) is 16.9. The predicted molar refractivity (Wildman–Crippen MR) is 87.2 cm³/mol. The molecule has 0 aliphatic rings. The van der Waals surface area contributed by atoms with Gasteiger partial charge in [0, 0.05) is 24.9 Å². The zero-order valence-corrected chi connectivity index (χ0v) is 13.5. The molecule has 0 radical (unpaired) electrons. The van der Waals surface area contributed by atoms with E-state index >= 15 is 0 Å². The first-order valence-corrected chi connectivity index (χ1v) is 7.66. The Hall–Kier alpha value is -2.73. The van der Waals surface area contributed by atoms with Crippen LogP contribution in [0.2, 0.25) is 0 Å². The largest absolute Gasteiger partial charge is 0.436 e. The van der Waals surface area contributed by atoms with Gasteiger partial charge in [0.2, 0.25) is 5.88 Å². The average Bonchev–Trinajstić information content (AvgIpc) is 3.02. The summed E-state index contributed by atoms with van der Waals surface area (Å²) in [5.74, 6) is 0.867. The van der Waals surface area contributed by atoms with E-state index in [0.717, 1.165) is 17.0 Å². The van der Waals surface area contributed by atoms with Crippen LogP contribution in [0, 0.1) is 12.7 Å². The smallest absolute Gasteiger partial charge is 0.219 e. The van der Waals surface area contributed by atoms with Gasteiger partial charge in [-0.2, -0.15) is 0 Å². The highest BCUT2D eigenvalue weighted by atomic mass is 19.1. The van der Waals surface area contributed by atoms with Crippen molar-refractivity contribution in [1.82, 2.24) is 15.5 Å². The molecule has 0 amide bonds. The molecule has 1 N–H and O–H groups in total. The van der Waals surface area contributed by atoms with Gasteiger partial charge in [0.1, 0.15) is 11.5 Å². The Balaban J connectivity index is 1.64. The van der Waals surface area contributed by atoms with E-state index in [-0.39, 0.29) is 11.8 Å². The van der Waals surface area contributed by atoms with Crippen molar-refractivity contribution in [3.05, 3.63) is 71.5 Å². The van der Waals surface area contributed by atoms with Gasteiger partial charge in [-0.05, 0) is 37.6 Å². The number of nitrogens with one attached hydrogen (secondary N) is 1. The topological polar surface area (TPSA) is 60.2 Å². The molecule has 3 rings (SSSR count). The Morgan fingerprint density at radius 2 is 2.08 bits per heavy atom. The summed E-state index contributed by atoms with van der Waals surface area (Å²) in [6.45, 7) is 4.47. The summed E-state index contributed by atoms with van der Waals surface area (Å²) < 4.78 is 24.2. The molecule has 0 spiro atoms. The quantitative estimate of drug-likeness (QED) is 0.736. The first-order chi connectivity index (χ1) is 11.6. The van der Waals surface area contributed by atoms with Crippen LogP contribution in [0.4, 0.5) is 4.39 Å². The van der Waals surface area contributed by atoms with Crippen LogP contribution in [0.25, 0.3) is 0 Å². The third-order valence-electron chi connectivity index (χ3n) is 3.55. The fraction of sp³-hybridized carbons (Fsp3) is 0.222. The third-order valence-corrected chi connectivity index (χ3v) is 3.55. The summed E-state index contributed by atoms with van der Waals surface area (Å²) in [6, 6.07) is 11.8. The van der Waals surface area contributed by atoms with Crippen LogP contribution >= 0.6 is 0 Å². The minimum absolute atomic E-state index is 0.0477. The molecule has 1 unspecified atom stereocenters. The van der Waals surface area contributed by atoms with Gasteiger partial charge in [-0.15, -0.1) is 0 Å². The third kappa shape index (κ3) is 3.97. The van der Waals surface area contributed by atoms with Crippen LogP contribution in [0.1, 0.15) is 30.0 Å². The molecule has 124 valence electrons. The van der Waals surface area contributed by atoms with Crippen molar-refractivity contribution < 1.29 is 13.7 Å². The van der Waals surface area contributed by atoms with E-state index in [9.17, 15) is 4.39 Å². The lowest BCUT2D eigenvalue weighted by molar-refractivity contribution is 0.380. The van der Waals surface area contributed by atoms with Crippen LogP contribution in [0.3, 0.4) is 0 Å². The Kier molecular flexibility index (Phi) is 4.86. The standard InChI is InChI=1S/C18H18FN3O2/c1-12-9-16(22-24-12)13(2)21-11-14-7-8-20-18(10-14)23-17-6-4-3-5-15(17)19/h3-10,13,21H,11H2,1-2H3. The number of aryl methyl sites for hydroxylation is 1. The van der Waals surface area contributed by atoms with Gasteiger partial charge in [-0.1, -0.05) is 17.3 Å². The minimum atomic E-state index is -0.419. The summed E-state index contributed by atoms with van der Waals surface area (Å²) in [5.41, 5.74) is 1.83. The van der Waals surface area contributed by atoms with E-state index in [1.54, 1.807) is 30.5 Å². The van der Waals surface area contributed by atoms with Crippen molar-refractivity contribution in [2.75, 3.05) is 0 Å². The van der Waals surface area contributed by atoms with Crippen molar-refractivity contribution in [2.24, 2.45) is 0 Å². The van der Waals surface area contributed by atoms with Crippen LogP contribution < -0.4 is 10.1 Å². The molecule has 0 saturated heterocycles. The van der Waals surface area contributed by atoms with Crippen LogP contribution in [0.15, 0.2) is 53.2 Å². The first-order valence-electron chi connectivity index (χ1n) is 7.66. The van der Waals surface area contributed by atoms with Gasteiger partial charge in [-0.3, -0.25) is 0 Å². The molecule has 0 fully saturated rings. The number of pyridine rings is 1. The van der Waals surface area contributed by atoms with Crippen LogP contribution in [-0.4, -0.2) is 10.1 Å². The second-order valence-corrected chi connectivity index (χ2v) is 5.50. The second kappa shape index (κ2) is 7.23. The van der Waals surface area contributed by atoms with E-state index in [0.29, 0.717) is 12.4 Å². The second-order valence-electron chi connectivity index (χ2n) is 5.50. The number of hydrogen-bond acceptors (Lipinski definition) is 5. The summed E-state index contributed by atoms with van der Waals surface area (Å²) in [4.78, 5) is 4.12. The highest BCUT2D eigenvalue weighted by Gasteiger charge is 2.10. The number of halogens is 1. The summed E-state index contributed by atoms with van der Waals surface area (Å²) in [5, 5.41) is 7.35. The SMILES string of the molecule is Cc1cc(C(C)NCc2ccnc(Oc3ccccc3F)c2)no1. The molecule has 5 nitrogen and oxygen atoms in total. The highest BCUT2D eigenvalue weighted by molar-refractivity contribution is 5.30. The number of para-hydroxylation sites is 1. The molecule has 0 saturated carbocycles. The molecule has 0 bridgehead atoms. The van der Waals surface area contributed by atoms with E-state index < -0.39 is 5.82 Å². The summed E-state index contributed by atoms with van der Waals surface area (Å²) in [6.07, 6.45) is 1.64. The minimum Gasteiger partial charge on any atom is -0.436 e. The molecule has 1 atom stereocenters. The molecule has 3 aromatic rings. The molecule has 2 aromatic heterocycles. The van der Waals surface area contributed by atoms with E-state index in [1.807, 2.05) is 26.0 Å². The molecular weight excluding hydrogens is 309 g/mol. The maximum absolute atomic E-state index is 13.6. The zero-order valence-electron chi connectivity index (χ0n) is 13.5. The van der Waals surface area contributed by atoms with Crippen LogP contribution in [-0.2, 0) is 6.54 Å². The highest BCUT2D eigenvalue weighted by Crippen LogP contribution is 2.23. The molecular formula is C18H18FN3O2. The summed E-state index contributed by atoms with van der Waals surface area (Å²) in [7, 11) is 0. The lowest BCUT2D eigenvalue weighted by atomic mass is 10.2. The van der Waals surface area contributed by atoms with Gasteiger partial charge >= 0.3 is 0 Å². The van der Waals surface area contributed by atoms with Crippen molar-refractivity contribution in [2.45, 2.75) is 26.4 Å². The van der Waals surface area contributed by atoms with Crippen molar-refractivity contribution in [1.29, 1.82) is 0 Å². The lowest BCUT2D eigenvalue weighted by Crippen LogP contribution is -2.18. The fourth-order valence-electron chi connectivity index (χ4n) is 2.22. The van der Waals surface area contributed by atoms with E-state index in [1.165, 1.54) is 6.07 Å². The predicted octanol–water partition coefficient (Wildman–Crippen LogP) is 4.16. The van der Waals surface area contributed by atoms with Gasteiger partial charge in [0.15, 0.2) is 11.6 Å². The lowest BCUT2D eigenvalue weighted by Gasteiger charge is -2.11. The summed E-state index contributed by atoms with van der Waals surface area (Å²) >= 11 is 0. The van der Waals surface area contributed by atoms with Gasteiger partial charge in [0.25, 0.3) is 0 Å². The normalized spacial score (nSPS) is 12.1. The Morgan fingerprint density at radius 1 is 1.25 bits per heavy atom. The number of aromatic nitrogens is 2. The number of nitrogens with zero attached hydrogens (tertiary/aromatic N) is 2.